The summed E-state index contributed by atoms with van der Waals surface area (Å²) < 4.78 is 1.93. The summed E-state index contributed by atoms with van der Waals surface area (Å²) in [6.45, 7) is 2.66. The number of benzene rings is 2. The van der Waals surface area contributed by atoms with E-state index in [4.69, 9.17) is 10.1 Å². The molecule has 3 aliphatic rings. The van der Waals surface area contributed by atoms with Crippen LogP contribution in [0.3, 0.4) is 0 Å². The fourth-order valence-electron chi connectivity index (χ4n) is 5.07. The highest BCUT2D eigenvalue weighted by molar-refractivity contribution is 6.21. The molecule has 1 N–H and O–H groups in total. The number of guanidine groups is 1. The highest BCUT2D eigenvalue weighted by Crippen LogP contribution is 2.42. The van der Waals surface area contributed by atoms with Gasteiger partial charge in [-0.15, -0.1) is 0 Å². The van der Waals surface area contributed by atoms with E-state index in [0.717, 1.165) is 48.1 Å². The van der Waals surface area contributed by atoms with Gasteiger partial charge in [0.15, 0.2) is 5.82 Å². The number of aliphatic imine (C=N–C) groups is 1. The molecule has 0 spiro atoms. The standard InChI is InChI=1S/C25H26N6O/c1-16-11-13-17(14-12-16)15-30-22(26-18-7-4-3-5-8-18)21-23(28-30)31-20-10-6-9-19(20)27-25(31)29(2)24(21)32/h3-5,7-8,11-14,19-20,26H,6,9-10,15H2,1-2H3/t19-,20+/m1/s1. The van der Waals surface area contributed by atoms with Crippen LogP contribution in [0.1, 0.15) is 40.7 Å². The molecule has 0 bridgehead atoms. The second-order valence-corrected chi connectivity index (χ2v) is 8.91. The van der Waals surface area contributed by atoms with Gasteiger partial charge in [0.05, 0.1) is 18.6 Å². The van der Waals surface area contributed by atoms with Crippen LogP contribution in [0, 0.1) is 6.92 Å². The molecule has 2 atom stereocenters. The van der Waals surface area contributed by atoms with E-state index in [-0.39, 0.29) is 18.0 Å². The summed E-state index contributed by atoms with van der Waals surface area (Å²) in [5.41, 5.74) is 3.91. The number of rotatable bonds is 4. The number of para-hydroxylation sites is 1. The molecule has 1 aromatic heterocycles. The Kier molecular flexibility index (Phi) is 4.31. The van der Waals surface area contributed by atoms with Crippen molar-refractivity contribution < 1.29 is 4.79 Å². The number of nitrogens with one attached hydrogen (secondary N) is 1. The first-order valence-corrected chi connectivity index (χ1v) is 11.2. The van der Waals surface area contributed by atoms with Gasteiger partial charge in [-0.2, -0.15) is 5.10 Å². The summed E-state index contributed by atoms with van der Waals surface area (Å²) in [4.78, 5) is 22.3. The van der Waals surface area contributed by atoms with Crippen molar-refractivity contribution in [2.75, 3.05) is 17.3 Å². The fraction of sp³-hybridized carbons (Fsp3) is 0.320. The number of hydrogen-bond acceptors (Lipinski definition) is 5. The molecule has 1 saturated carbocycles. The number of hydrogen-bond donors (Lipinski definition) is 1. The van der Waals surface area contributed by atoms with Crippen molar-refractivity contribution in [1.29, 1.82) is 0 Å². The molecule has 162 valence electrons. The van der Waals surface area contributed by atoms with E-state index in [9.17, 15) is 4.79 Å². The first kappa shape index (κ1) is 19.1. The van der Waals surface area contributed by atoms with Crippen LogP contribution >= 0.6 is 0 Å². The van der Waals surface area contributed by atoms with Crippen molar-refractivity contribution in [2.45, 2.75) is 44.8 Å². The van der Waals surface area contributed by atoms with Gasteiger partial charge < -0.3 is 5.32 Å². The molecule has 6 rings (SSSR count). The Balaban J connectivity index is 1.49. The van der Waals surface area contributed by atoms with Crippen LogP contribution in [0.4, 0.5) is 17.3 Å². The lowest BCUT2D eigenvalue weighted by Gasteiger charge is -2.34. The van der Waals surface area contributed by atoms with Gasteiger partial charge >= 0.3 is 0 Å². The van der Waals surface area contributed by atoms with E-state index < -0.39 is 0 Å². The molecule has 3 aromatic rings. The third-order valence-electron chi connectivity index (χ3n) is 6.74. The van der Waals surface area contributed by atoms with Crippen LogP contribution in [0.2, 0.25) is 0 Å². The predicted molar refractivity (Wildman–Crippen MR) is 126 cm³/mol. The van der Waals surface area contributed by atoms with Crippen molar-refractivity contribution in [2.24, 2.45) is 4.99 Å². The number of carbonyl (C=O) groups excluding carboxylic acids is 1. The van der Waals surface area contributed by atoms with Crippen LogP contribution in [0.5, 0.6) is 0 Å². The van der Waals surface area contributed by atoms with Crippen LogP contribution in [0.15, 0.2) is 59.6 Å². The molecular formula is C25H26N6O. The Morgan fingerprint density at radius 2 is 1.84 bits per heavy atom. The molecule has 7 heteroatoms. The van der Waals surface area contributed by atoms with Crippen molar-refractivity contribution in [3.63, 3.8) is 0 Å². The van der Waals surface area contributed by atoms with Gasteiger partial charge in [0.1, 0.15) is 11.4 Å². The SMILES string of the molecule is Cc1ccc(Cn2nc3c(c2Nc2ccccc2)C(=O)N(C)C2=N[C@@H]4CCC[C@@H]4N23)cc1. The Labute approximate surface area is 187 Å². The Morgan fingerprint density at radius 3 is 2.62 bits per heavy atom. The highest BCUT2D eigenvalue weighted by atomic mass is 16.2. The summed E-state index contributed by atoms with van der Waals surface area (Å²) in [7, 11) is 1.82. The molecule has 0 saturated heterocycles. The van der Waals surface area contributed by atoms with Crippen molar-refractivity contribution >= 4 is 29.2 Å². The van der Waals surface area contributed by atoms with Gasteiger partial charge in [0, 0.05) is 12.7 Å². The quantitative estimate of drug-likeness (QED) is 0.680. The average Bonchev–Trinajstić information content (AvgIpc) is 3.48. The maximum absolute atomic E-state index is 13.5. The number of aryl methyl sites for hydroxylation is 1. The zero-order valence-electron chi connectivity index (χ0n) is 18.3. The van der Waals surface area contributed by atoms with Crippen molar-refractivity contribution in [3.8, 4) is 0 Å². The van der Waals surface area contributed by atoms with E-state index >= 15 is 0 Å². The third-order valence-corrected chi connectivity index (χ3v) is 6.74. The van der Waals surface area contributed by atoms with Gasteiger partial charge in [-0.05, 0) is 43.9 Å². The topological polar surface area (TPSA) is 65.8 Å². The summed E-state index contributed by atoms with van der Waals surface area (Å²) in [5.74, 6) is 2.13. The van der Waals surface area contributed by atoms with Crippen LogP contribution in [0.25, 0.3) is 0 Å². The third kappa shape index (κ3) is 2.92. The predicted octanol–water partition coefficient (Wildman–Crippen LogP) is 4.17. The Hall–Kier alpha value is -3.61. The van der Waals surface area contributed by atoms with E-state index in [1.807, 2.05) is 42.1 Å². The number of amides is 1. The molecule has 0 unspecified atom stereocenters. The molecule has 1 fully saturated rings. The van der Waals surface area contributed by atoms with Gasteiger partial charge in [0.25, 0.3) is 5.91 Å². The summed E-state index contributed by atoms with van der Waals surface area (Å²) in [6, 6.07) is 18.9. The molecule has 3 heterocycles. The number of carbonyl (C=O) groups is 1. The molecule has 7 nitrogen and oxygen atoms in total. The molecule has 0 radical (unpaired) electrons. The summed E-state index contributed by atoms with van der Waals surface area (Å²) in [6.07, 6.45) is 3.31. The van der Waals surface area contributed by atoms with Gasteiger partial charge in [-0.25, -0.2) is 9.67 Å². The minimum atomic E-state index is -0.0661. The molecule has 32 heavy (non-hydrogen) atoms. The van der Waals surface area contributed by atoms with E-state index in [2.05, 4.69) is 41.4 Å². The van der Waals surface area contributed by atoms with Crippen molar-refractivity contribution in [3.05, 3.63) is 71.3 Å². The number of anilines is 3. The molecule has 1 amide bonds. The van der Waals surface area contributed by atoms with E-state index in [1.165, 1.54) is 5.56 Å². The average molecular weight is 427 g/mol. The normalized spacial score (nSPS) is 21.3. The lowest BCUT2D eigenvalue weighted by atomic mass is 10.1. The summed E-state index contributed by atoms with van der Waals surface area (Å²) in [5, 5.41) is 8.49. The zero-order chi connectivity index (χ0) is 21.8. The van der Waals surface area contributed by atoms with Crippen LogP contribution < -0.4 is 10.2 Å². The highest BCUT2D eigenvalue weighted by Gasteiger charge is 2.49. The maximum atomic E-state index is 13.5. The van der Waals surface area contributed by atoms with Gasteiger partial charge in [0.2, 0.25) is 5.96 Å². The number of nitrogens with zero attached hydrogens (tertiary/aromatic N) is 5. The lowest BCUT2D eigenvalue weighted by molar-refractivity contribution is 0.0866. The zero-order valence-corrected chi connectivity index (χ0v) is 18.3. The number of aromatic nitrogens is 2. The number of fused-ring (bicyclic) bond motifs is 5. The van der Waals surface area contributed by atoms with Crippen LogP contribution in [-0.2, 0) is 6.54 Å². The first-order chi connectivity index (χ1) is 15.6. The molecular weight excluding hydrogens is 400 g/mol. The molecule has 1 aliphatic carbocycles. The lowest BCUT2D eigenvalue weighted by Crippen LogP contribution is -2.51. The van der Waals surface area contributed by atoms with Gasteiger partial charge in [-0.3, -0.25) is 14.6 Å². The molecule has 2 aliphatic heterocycles. The largest absolute Gasteiger partial charge is 0.340 e. The minimum absolute atomic E-state index is 0.0661. The van der Waals surface area contributed by atoms with E-state index in [0.29, 0.717) is 12.1 Å². The van der Waals surface area contributed by atoms with E-state index in [1.54, 1.807) is 4.90 Å². The van der Waals surface area contributed by atoms with Crippen LogP contribution in [-0.4, -0.2) is 45.7 Å². The summed E-state index contributed by atoms with van der Waals surface area (Å²) >= 11 is 0. The Morgan fingerprint density at radius 1 is 1.06 bits per heavy atom. The minimum Gasteiger partial charge on any atom is -0.340 e. The van der Waals surface area contributed by atoms with Gasteiger partial charge in [-0.1, -0.05) is 48.0 Å². The second kappa shape index (κ2) is 7.22. The van der Waals surface area contributed by atoms with Crippen molar-refractivity contribution in [1.82, 2.24) is 14.7 Å². The monoisotopic (exact) mass is 426 g/mol. The molecule has 2 aromatic carbocycles. The first-order valence-electron chi connectivity index (χ1n) is 11.2. The fourth-order valence-corrected chi connectivity index (χ4v) is 5.07. The maximum Gasteiger partial charge on any atom is 0.267 e. The second-order valence-electron chi connectivity index (χ2n) is 8.91. The Bertz CT molecular complexity index is 1210. The smallest absolute Gasteiger partial charge is 0.267 e.